The highest BCUT2D eigenvalue weighted by Gasteiger charge is 2.16. The second-order valence-corrected chi connectivity index (χ2v) is 4.83. The van der Waals surface area contributed by atoms with Gasteiger partial charge in [-0.3, -0.25) is 10.0 Å². The smallest absolute Gasteiger partial charge is 0.281 e. The van der Waals surface area contributed by atoms with Gasteiger partial charge in [0, 0.05) is 10.0 Å². The summed E-state index contributed by atoms with van der Waals surface area (Å²) in [4.78, 5) is 12.1. The molecule has 1 N–H and O–H groups in total. The molecule has 0 aromatic heterocycles. The molecule has 2 aromatic carbocycles. The van der Waals surface area contributed by atoms with Crippen LogP contribution in [0.1, 0.15) is 15.9 Å². The first-order valence-electron chi connectivity index (χ1n) is 5.44. The van der Waals surface area contributed by atoms with E-state index in [4.69, 9.17) is 0 Å². The van der Waals surface area contributed by atoms with E-state index in [0.29, 0.717) is 16.3 Å². The highest BCUT2D eigenvalue weighted by molar-refractivity contribution is 9.10. The van der Waals surface area contributed by atoms with Crippen LogP contribution in [0.25, 0.3) is 0 Å². The zero-order chi connectivity index (χ0) is 13.1. The standard InChI is InChI=1S/C14H12BrNO2/c1-10-4-2-3-5-13(10)16(18)14(17)11-6-8-12(15)9-7-11/h2-9,18H,1H3. The number of benzene rings is 2. The van der Waals surface area contributed by atoms with Crippen molar-refractivity contribution in [3.8, 4) is 0 Å². The van der Waals surface area contributed by atoms with Gasteiger partial charge in [-0.05, 0) is 42.8 Å². The number of carbonyl (C=O) groups is 1. The molecule has 0 aliphatic carbocycles. The minimum absolute atomic E-state index is 0.434. The first-order chi connectivity index (χ1) is 8.59. The Kier molecular flexibility index (Phi) is 3.79. The van der Waals surface area contributed by atoms with Gasteiger partial charge in [-0.25, -0.2) is 0 Å². The summed E-state index contributed by atoms with van der Waals surface area (Å²) in [5.74, 6) is -0.447. The lowest BCUT2D eigenvalue weighted by Crippen LogP contribution is -2.27. The van der Waals surface area contributed by atoms with Gasteiger partial charge in [0.05, 0.1) is 5.69 Å². The lowest BCUT2D eigenvalue weighted by Gasteiger charge is -2.17. The van der Waals surface area contributed by atoms with Crippen LogP contribution in [-0.2, 0) is 0 Å². The molecule has 18 heavy (non-hydrogen) atoms. The molecule has 4 heteroatoms. The lowest BCUT2D eigenvalue weighted by atomic mass is 10.1. The Morgan fingerprint density at radius 1 is 1.11 bits per heavy atom. The third-order valence-corrected chi connectivity index (χ3v) is 3.16. The Morgan fingerprint density at radius 3 is 2.33 bits per heavy atom. The van der Waals surface area contributed by atoms with E-state index in [1.807, 2.05) is 19.1 Å². The molecule has 2 aromatic rings. The largest absolute Gasteiger partial charge is 0.281 e. The van der Waals surface area contributed by atoms with E-state index in [0.717, 1.165) is 10.0 Å². The molecule has 0 saturated heterocycles. The van der Waals surface area contributed by atoms with Crippen LogP contribution < -0.4 is 5.06 Å². The predicted molar refractivity (Wildman–Crippen MR) is 73.9 cm³/mol. The van der Waals surface area contributed by atoms with Gasteiger partial charge in [0.1, 0.15) is 0 Å². The van der Waals surface area contributed by atoms with E-state index in [1.165, 1.54) is 0 Å². The summed E-state index contributed by atoms with van der Waals surface area (Å²) in [5, 5.41) is 10.6. The van der Waals surface area contributed by atoms with E-state index in [-0.39, 0.29) is 0 Å². The van der Waals surface area contributed by atoms with Crippen molar-refractivity contribution in [2.24, 2.45) is 0 Å². The number of hydrogen-bond acceptors (Lipinski definition) is 2. The SMILES string of the molecule is Cc1ccccc1N(O)C(=O)c1ccc(Br)cc1. The van der Waals surface area contributed by atoms with Gasteiger partial charge in [-0.15, -0.1) is 0 Å². The second-order valence-electron chi connectivity index (χ2n) is 3.91. The van der Waals surface area contributed by atoms with E-state index in [2.05, 4.69) is 15.9 Å². The summed E-state index contributed by atoms with van der Waals surface area (Å²) < 4.78 is 0.888. The maximum Gasteiger partial charge on any atom is 0.281 e. The second kappa shape index (κ2) is 5.33. The molecule has 92 valence electrons. The molecule has 2 rings (SSSR count). The van der Waals surface area contributed by atoms with Crippen molar-refractivity contribution < 1.29 is 10.0 Å². The van der Waals surface area contributed by atoms with Crippen LogP contribution in [0.5, 0.6) is 0 Å². The minimum atomic E-state index is -0.447. The highest BCUT2D eigenvalue weighted by atomic mass is 79.9. The monoisotopic (exact) mass is 305 g/mol. The van der Waals surface area contributed by atoms with Gasteiger partial charge >= 0.3 is 0 Å². The van der Waals surface area contributed by atoms with Crippen molar-refractivity contribution in [2.75, 3.05) is 5.06 Å². The van der Waals surface area contributed by atoms with Crippen molar-refractivity contribution >= 4 is 27.5 Å². The van der Waals surface area contributed by atoms with E-state index in [1.54, 1.807) is 36.4 Å². The Labute approximate surface area is 114 Å². The third kappa shape index (κ3) is 2.60. The highest BCUT2D eigenvalue weighted by Crippen LogP contribution is 2.20. The Morgan fingerprint density at radius 2 is 1.72 bits per heavy atom. The number of carbonyl (C=O) groups excluding carboxylic acids is 1. The molecule has 0 atom stereocenters. The molecular weight excluding hydrogens is 294 g/mol. The number of aryl methyl sites for hydroxylation is 1. The molecule has 0 aliphatic rings. The Bertz CT molecular complexity index is 566. The van der Waals surface area contributed by atoms with Crippen LogP contribution in [0.4, 0.5) is 5.69 Å². The molecule has 0 spiro atoms. The van der Waals surface area contributed by atoms with E-state index < -0.39 is 5.91 Å². The number of halogens is 1. The van der Waals surface area contributed by atoms with Gasteiger partial charge in [-0.2, -0.15) is 5.06 Å². The van der Waals surface area contributed by atoms with Gasteiger partial charge in [0.15, 0.2) is 0 Å². The van der Waals surface area contributed by atoms with Gasteiger partial charge in [-0.1, -0.05) is 34.1 Å². The van der Waals surface area contributed by atoms with Crippen molar-refractivity contribution in [1.82, 2.24) is 0 Å². The lowest BCUT2D eigenvalue weighted by molar-refractivity contribution is 0.0854. The number of nitrogens with zero attached hydrogens (tertiary/aromatic N) is 1. The summed E-state index contributed by atoms with van der Waals surface area (Å²) in [6, 6.07) is 14.0. The molecule has 0 unspecified atom stereocenters. The minimum Gasteiger partial charge on any atom is -0.281 e. The summed E-state index contributed by atoms with van der Waals surface area (Å²) in [6.07, 6.45) is 0. The fourth-order valence-corrected chi connectivity index (χ4v) is 1.89. The van der Waals surface area contributed by atoms with Gasteiger partial charge < -0.3 is 0 Å². The van der Waals surface area contributed by atoms with Crippen molar-refractivity contribution in [2.45, 2.75) is 6.92 Å². The van der Waals surface area contributed by atoms with Crippen molar-refractivity contribution in [3.63, 3.8) is 0 Å². The molecule has 0 fully saturated rings. The number of para-hydroxylation sites is 1. The van der Waals surface area contributed by atoms with Crippen LogP contribution in [0.15, 0.2) is 53.0 Å². The number of anilines is 1. The van der Waals surface area contributed by atoms with Crippen LogP contribution in [0.2, 0.25) is 0 Å². The summed E-state index contributed by atoms with van der Waals surface area (Å²) in [7, 11) is 0. The fourth-order valence-electron chi connectivity index (χ4n) is 1.63. The zero-order valence-electron chi connectivity index (χ0n) is 9.80. The number of amides is 1. The van der Waals surface area contributed by atoms with E-state index in [9.17, 15) is 10.0 Å². The van der Waals surface area contributed by atoms with Crippen LogP contribution in [0.3, 0.4) is 0 Å². The average Bonchev–Trinajstić information content (AvgIpc) is 2.38. The van der Waals surface area contributed by atoms with Crippen molar-refractivity contribution in [1.29, 1.82) is 0 Å². The van der Waals surface area contributed by atoms with Gasteiger partial charge in [0.25, 0.3) is 5.91 Å². The molecule has 1 amide bonds. The topological polar surface area (TPSA) is 40.5 Å². The summed E-state index contributed by atoms with van der Waals surface area (Å²) in [5.41, 5.74) is 1.76. The Hall–Kier alpha value is -1.65. The molecule has 3 nitrogen and oxygen atoms in total. The van der Waals surface area contributed by atoms with Gasteiger partial charge in [0.2, 0.25) is 0 Å². The van der Waals surface area contributed by atoms with Crippen LogP contribution >= 0.6 is 15.9 Å². The number of hydroxylamine groups is 1. The van der Waals surface area contributed by atoms with Crippen LogP contribution in [-0.4, -0.2) is 11.1 Å². The molecule has 0 radical (unpaired) electrons. The average molecular weight is 306 g/mol. The molecule has 0 aliphatic heterocycles. The fraction of sp³-hybridized carbons (Fsp3) is 0.0714. The molecular formula is C14H12BrNO2. The molecule has 0 bridgehead atoms. The maximum absolute atomic E-state index is 12.1. The first kappa shape index (κ1) is 12.8. The Balaban J connectivity index is 2.29. The quantitative estimate of drug-likeness (QED) is 0.677. The number of hydrogen-bond donors (Lipinski definition) is 1. The summed E-state index contributed by atoms with van der Waals surface area (Å²) in [6.45, 7) is 1.84. The van der Waals surface area contributed by atoms with E-state index >= 15 is 0 Å². The predicted octanol–water partition coefficient (Wildman–Crippen LogP) is 3.79. The normalized spacial score (nSPS) is 10.2. The molecule has 0 heterocycles. The third-order valence-electron chi connectivity index (χ3n) is 2.63. The van der Waals surface area contributed by atoms with Crippen LogP contribution in [0, 0.1) is 6.92 Å². The zero-order valence-corrected chi connectivity index (χ0v) is 11.4. The maximum atomic E-state index is 12.1. The van der Waals surface area contributed by atoms with Crippen molar-refractivity contribution in [3.05, 3.63) is 64.1 Å². The summed E-state index contributed by atoms with van der Waals surface area (Å²) >= 11 is 3.30. The molecule has 0 saturated carbocycles. The number of rotatable bonds is 2. The first-order valence-corrected chi connectivity index (χ1v) is 6.23.